The minimum absolute atomic E-state index is 0.0781. The van der Waals surface area contributed by atoms with E-state index in [4.69, 9.17) is 39.4 Å². The Balaban J connectivity index is 1.92. The Hall–Kier alpha value is -3.93. The van der Waals surface area contributed by atoms with Crippen molar-refractivity contribution in [3.8, 4) is 5.75 Å². The van der Waals surface area contributed by atoms with Gasteiger partial charge in [0.1, 0.15) is 30.5 Å². The van der Waals surface area contributed by atoms with Gasteiger partial charge in [-0.3, -0.25) is 9.59 Å². The highest BCUT2D eigenvalue weighted by molar-refractivity contribution is 6.63. The molecular formula is C33H45N2O13+. The fourth-order valence-corrected chi connectivity index (χ4v) is 5.03. The van der Waals surface area contributed by atoms with E-state index >= 15 is 0 Å². The highest BCUT2D eigenvalue weighted by Gasteiger charge is 2.41. The number of hydrogen-bond acceptors (Lipinski definition) is 14. The van der Waals surface area contributed by atoms with Crippen molar-refractivity contribution in [2.45, 2.75) is 0 Å². The predicted molar refractivity (Wildman–Crippen MR) is 173 cm³/mol. The molecule has 0 aromatic heterocycles. The van der Waals surface area contributed by atoms with E-state index in [2.05, 4.69) is 0 Å². The molecule has 1 aromatic carbocycles. The van der Waals surface area contributed by atoms with Gasteiger partial charge in [-0.05, 0) is 18.2 Å². The van der Waals surface area contributed by atoms with Gasteiger partial charge in [-0.25, -0.2) is 4.58 Å². The van der Waals surface area contributed by atoms with Crippen LogP contribution in [0, 0.1) is 0 Å². The second kappa shape index (κ2) is 20.4. The quantitative estimate of drug-likeness (QED) is 0.0354. The minimum atomic E-state index is -1.05. The summed E-state index contributed by atoms with van der Waals surface area (Å²) >= 11 is 0. The number of carbonyl (C=O) groups is 2. The van der Waals surface area contributed by atoms with E-state index in [0.717, 1.165) is 0 Å². The topological polar surface area (TPSA) is 219 Å². The van der Waals surface area contributed by atoms with Crippen LogP contribution in [-0.4, -0.2) is 163 Å². The van der Waals surface area contributed by atoms with E-state index in [0.29, 0.717) is 37.6 Å². The van der Waals surface area contributed by atoms with E-state index in [1.165, 1.54) is 24.3 Å². The maximum absolute atomic E-state index is 13.2. The maximum atomic E-state index is 13.2. The molecule has 1 aromatic rings. The van der Waals surface area contributed by atoms with E-state index in [-0.39, 0.29) is 102 Å². The molecule has 0 bridgehead atoms. The summed E-state index contributed by atoms with van der Waals surface area (Å²) in [6.45, 7) is 2.55. The number of ether oxygens (including phenoxy) is 4. The van der Waals surface area contributed by atoms with Crippen LogP contribution in [-0.2, 0) is 28.5 Å². The molecule has 0 aliphatic heterocycles. The number of rotatable bonds is 22. The lowest BCUT2D eigenvalue weighted by Gasteiger charge is -2.25. The van der Waals surface area contributed by atoms with Crippen molar-refractivity contribution >= 4 is 28.5 Å². The van der Waals surface area contributed by atoms with Gasteiger partial charge in [0.2, 0.25) is 17.3 Å². The zero-order chi connectivity index (χ0) is 34.9. The highest BCUT2D eigenvalue weighted by Crippen LogP contribution is 2.39. The molecule has 0 fully saturated rings. The highest BCUT2D eigenvalue weighted by atomic mass is 16.5. The molecular weight excluding hydrogens is 632 g/mol. The van der Waals surface area contributed by atoms with Crippen molar-refractivity contribution in [1.82, 2.24) is 0 Å². The molecule has 0 saturated heterocycles. The third-order valence-electron chi connectivity index (χ3n) is 7.33. The third-order valence-corrected chi connectivity index (χ3v) is 7.33. The van der Waals surface area contributed by atoms with Gasteiger partial charge in [-0.15, -0.1) is 0 Å². The van der Waals surface area contributed by atoms with Crippen molar-refractivity contribution < 1.29 is 68.9 Å². The van der Waals surface area contributed by atoms with Crippen LogP contribution >= 0.6 is 0 Å². The smallest absolute Gasteiger partial charge is 0.238 e. The molecule has 2 aliphatic rings. The summed E-state index contributed by atoms with van der Waals surface area (Å²) < 4.78 is 23.3. The van der Waals surface area contributed by atoms with Gasteiger partial charge in [-0.2, -0.15) is 0 Å². The lowest BCUT2D eigenvalue weighted by atomic mass is 9.98. The molecule has 264 valence electrons. The van der Waals surface area contributed by atoms with Crippen LogP contribution in [0.1, 0.15) is 5.56 Å². The van der Waals surface area contributed by atoms with Gasteiger partial charge in [0.15, 0.2) is 13.1 Å². The lowest BCUT2D eigenvalue weighted by molar-refractivity contribution is -0.532. The first-order valence-electron chi connectivity index (χ1n) is 15.6. The van der Waals surface area contributed by atoms with Gasteiger partial charge in [0.05, 0.1) is 83.3 Å². The summed E-state index contributed by atoms with van der Waals surface area (Å²) in [5.74, 6) is -3.55. The van der Waals surface area contributed by atoms with Crippen LogP contribution in [0.25, 0.3) is 5.57 Å². The number of carbonyl (C=O) groups excluding carboxylic acids is 2. The van der Waals surface area contributed by atoms with Crippen LogP contribution in [0.2, 0.25) is 0 Å². The molecule has 0 unspecified atom stereocenters. The van der Waals surface area contributed by atoms with Crippen molar-refractivity contribution in [2.75, 3.05) is 110 Å². The average molecular weight is 678 g/mol. The summed E-state index contributed by atoms with van der Waals surface area (Å²) in [6, 6.07) is 4.37. The number of benzene rings is 1. The second-order valence-electron chi connectivity index (χ2n) is 10.5. The number of phenolic OH excluding ortho intramolecular Hbond substituents is 1. The number of nitrogens with zero attached hydrogens (tertiary/aromatic N) is 2. The van der Waals surface area contributed by atoms with Gasteiger partial charge < -0.3 is 59.6 Å². The molecule has 0 saturated carbocycles. The predicted octanol–water partition coefficient (Wildman–Crippen LogP) is -0.583. The molecule has 0 heterocycles. The Morgan fingerprint density at radius 1 is 0.646 bits per heavy atom. The van der Waals surface area contributed by atoms with Gasteiger partial charge in [0.25, 0.3) is 0 Å². The van der Waals surface area contributed by atoms with Crippen molar-refractivity contribution in [3.05, 3.63) is 64.7 Å². The Kier molecular flexibility index (Phi) is 16.4. The summed E-state index contributed by atoms with van der Waals surface area (Å²) in [7, 11) is 0. The van der Waals surface area contributed by atoms with Crippen LogP contribution in [0.15, 0.2) is 59.1 Å². The maximum Gasteiger partial charge on any atom is 0.238 e. The number of anilines is 1. The zero-order valence-electron chi connectivity index (χ0n) is 26.8. The Morgan fingerprint density at radius 2 is 1.17 bits per heavy atom. The first-order chi connectivity index (χ1) is 23.3. The normalized spacial score (nSPS) is 16.3. The van der Waals surface area contributed by atoms with Gasteiger partial charge >= 0.3 is 0 Å². The molecule has 0 atom stereocenters. The zero-order valence-corrected chi connectivity index (χ0v) is 26.8. The van der Waals surface area contributed by atoms with E-state index in [9.17, 15) is 24.9 Å². The molecule has 0 radical (unpaired) electrons. The molecule has 0 amide bonds. The first kappa shape index (κ1) is 38.5. The largest absolute Gasteiger partial charge is 0.507 e. The Morgan fingerprint density at radius 3 is 1.67 bits per heavy atom. The first-order valence-corrected chi connectivity index (χ1v) is 15.6. The molecule has 2 aliphatic carbocycles. The number of phenols is 1. The third kappa shape index (κ3) is 10.5. The fourth-order valence-electron chi connectivity index (χ4n) is 5.03. The van der Waals surface area contributed by atoms with E-state index < -0.39 is 28.5 Å². The molecule has 3 rings (SSSR count). The van der Waals surface area contributed by atoms with Gasteiger partial charge in [0, 0.05) is 42.1 Å². The van der Waals surface area contributed by atoms with Crippen LogP contribution in [0.5, 0.6) is 5.75 Å². The average Bonchev–Trinajstić information content (AvgIpc) is 3.29. The number of ketones is 2. The van der Waals surface area contributed by atoms with Crippen molar-refractivity contribution in [1.29, 1.82) is 0 Å². The number of allylic oxidation sites excluding steroid dienone is 5. The number of hydrogen-bond donors (Lipinski definition) is 7. The second-order valence-corrected chi connectivity index (χ2v) is 10.5. The van der Waals surface area contributed by atoms with Crippen molar-refractivity contribution in [3.63, 3.8) is 0 Å². The number of aliphatic hydroxyl groups excluding tert-OH is 6. The molecule has 48 heavy (non-hydrogen) atoms. The summed E-state index contributed by atoms with van der Waals surface area (Å²) in [5, 5.41) is 69.1. The van der Waals surface area contributed by atoms with E-state index in [1.54, 1.807) is 12.1 Å². The lowest BCUT2D eigenvalue weighted by Crippen LogP contribution is -2.31. The number of Topliss-reactive ketones (excluding diaryl/α,β-unsaturated/α-hetero) is 2. The number of aromatic hydroxyl groups is 1. The Bertz CT molecular complexity index is 1390. The minimum Gasteiger partial charge on any atom is -0.507 e. The SMILES string of the molecule is O=C1C(=O)/C(=C2/C=CC(=[N+](CCOCCO)CCOCCO)C=C2O)C(O)=C1c1ccc(N(CCOCCO)CCOCCO)cc1O. The summed E-state index contributed by atoms with van der Waals surface area (Å²) in [6.07, 6.45) is 4.37. The Labute approximate surface area is 278 Å². The fraction of sp³-hybridized carbons (Fsp3) is 0.485. The number of aliphatic hydroxyl groups is 6. The van der Waals surface area contributed by atoms with Crippen molar-refractivity contribution in [2.24, 2.45) is 0 Å². The summed E-state index contributed by atoms with van der Waals surface area (Å²) in [5.41, 5.74) is 0.0830. The molecule has 15 nitrogen and oxygen atoms in total. The molecule has 7 N–H and O–H groups in total. The van der Waals surface area contributed by atoms with Crippen LogP contribution in [0.4, 0.5) is 5.69 Å². The van der Waals surface area contributed by atoms with Crippen LogP contribution in [0.3, 0.4) is 0 Å². The molecule has 0 spiro atoms. The summed E-state index contributed by atoms with van der Waals surface area (Å²) in [4.78, 5) is 28.2. The van der Waals surface area contributed by atoms with Crippen LogP contribution < -0.4 is 4.90 Å². The monoisotopic (exact) mass is 677 g/mol. The molecule has 15 heteroatoms. The standard InChI is InChI=1S/C33H44N2O13/c36-9-17-45-13-5-34(6-14-46-18-10-37)23-1-3-25(27(40)21-23)29-31(42)30(33(44)32(29)43)26-4-2-24(22-28(26)41)35(7-15-47-19-11-38)8-16-48-20-12-39/h1-4,21-22,36-39H,5-20H2,(H2,40,41,42,43,44)/p+1. The van der Waals surface area contributed by atoms with Gasteiger partial charge in [-0.1, -0.05) is 0 Å². The van der Waals surface area contributed by atoms with E-state index in [1.807, 2.05) is 9.48 Å².